The fourth-order valence-corrected chi connectivity index (χ4v) is 1.74. The highest BCUT2D eigenvalue weighted by Crippen LogP contribution is 2.18. The molecule has 0 aliphatic heterocycles. The minimum atomic E-state index is -0.453. The van der Waals surface area contributed by atoms with Gasteiger partial charge in [-0.15, -0.1) is 6.42 Å². The first-order valence-electron chi connectivity index (χ1n) is 6.37. The zero-order chi connectivity index (χ0) is 15.2. The summed E-state index contributed by atoms with van der Waals surface area (Å²) in [6.45, 7) is 4.02. The zero-order valence-electron chi connectivity index (χ0n) is 11.9. The van der Waals surface area contributed by atoms with Crippen molar-refractivity contribution in [1.82, 2.24) is 5.16 Å². The lowest BCUT2D eigenvalue weighted by Gasteiger charge is -2.06. The normalized spacial score (nSPS) is 9.95. The minimum absolute atomic E-state index is 0.0386. The van der Waals surface area contributed by atoms with Gasteiger partial charge in [-0.1, -0.05) is 11.1 Å². The van der Waals surface area contributed by atoms with Gasteiger partial charge in [-0.3, -0.25) is 0 Å². The van der Waals surface area contributed by atoms with E-state index in [0.29, 0.717) is 17.9 Å². The van der Waals surface area contributed by atoms with E-state index in [4.69, 9.17) is 20.4 Å². The number of carbonyl (C=O) groups is 1. The van der Waals surface area contributed by atoms with E-state index in [1.807, 2.05) is 13.8 Å². The monoisotopic (exact) mass is 285 g/mol. The van der Waals surface area contributed by atoms with Crippen LogP contribution in [0.5, 0.6) is 5.75 Å². The molecule has 1 aromatic heterocycles. The molecule has 0 radical (unpaired) electrons. The summed E-state index contributed by atoms with van der Waals surface area (Å²) in [7, 11) is 0. The molecule has 0 aliphatic carbocycles. The summed E-state index contributed by atoms with van der Waals surface area (Å²) < 4.78 is 15.5. The lowest BCUT2D eigenvalue weighted by Crippen LogP contribution is -2.05. The Morgan fingerprint density at radius 2 is 2.05 bits per heavy atom. The lowest BCUT2D eigenvalue weighted by molar-refractivity contribution is 0.0556. The molecule has 0 spiro atoms. The molecule has 5 heteroatoms. The molecule has 0 saturated carbocycles. The summed E-state index contributed by atoms with van der Waals surface area (Å²) in [4.78, 5) is 11.6. The molecule has 0 fully saturated rings. The summed E-state index contributed by atoms with van der Waals surface area (Å²) in [6, 6.07) is 6.65. The molecule has 0 N–H and O–H groups in total. The molecular formula is C16H15NO4. The second kappa shape index (κ2) is 6.62. The van der Waals surface area contributed by atoms with E-state index in [9.17, 15) is 4.79 Å². The van der Waals surface area contributed by atoms with Crippen molar-refractivity contribution in [1.29, 1.82) is 0 Å². The number of aryl methyl sites for hydroxylation is 2. The number of carbonyl (C=O) groups excluding carboxylic acids is 1. The second-order valence-electron chi connectivity index (χ2n) is 4.40. The first-order valence-corrected chi connectivity index (χ1v) is 6.37. The molecule has 0 bridgehead atoms. The van der Waals surface area contributed by atoms with Crippen LogP contribution in [-0.2, 0) is 11.3 Å². The van der Waals surface area contributed by atoms with E-state index in [2.05, 4.69) is 11.1 Å². The number of hydrogen-bond donors (Lipinski definition) is 0. The molecule has 1 heterocycles. The molecule has 21 heavy (non-hydrogen) atoms. The molecule has 0 amide bonds. The van der Waals surface area contributed by atoms with Gasteiger partial charge in [-0.25, -0.2) is 4.79 Å². The number of terminal acetylenes is 1. The standard InChI is InChI=1S/C16H15NO4/c1-4-9-19-16(18)13-5-7-14(8-6-13)20-10-15-11(2)17-21-12(15)3/h1,5-8H,9-10H2,2-3H3. The molecule has 0 saturated heterocycles. The van der Waals surface area contributed by atoms with E-state index in [-0.39, 0.29) is 6.61 Å². The third-order valence-corrected chi connectivity index (χ3v) is 2.94. The predicted molar refractivity (Wildman–Crippen MR) is 75.9 cm³/mol. The first kappa shape index (κ1) is 14.7. The van der Waals surface area contributed by atoms with Crippen LogP contribution in [0.1, 0.15) is 27.4 Å². The fourth-order valence-electron chi connectivity index (χ4n) is 1.74. The number of esters is 1. The Morgan fingerprint density at radius 3 is 2.62 bits per heavy atom. The summed E-state index contributed by atoms with van der Waals surface area (Å²) in [5.74, 6) is 3.17. The number of nitrogens with zero attached hydrogens (tertiary/aromatic N) is 1. The molecule has 1 aromatic carbocycles. The van der Waals surface area contributed by atoms with Gasteiger partial charge in [-0.05, 0) is 38.1 Å². The van der Waals surface area contributed by atoms with Gasteiger partial charge >= 0.3 is 5.97 Å². The van der Waals surface area contributed by atoms with Gasteiger partial charge < -0.3 is 14.0 Å². The largest absolute Gasteiger partial charge is 0.489 e. The van der Waals surface area contributed by atoms with Crippen LogP contribution in [0.15, 0.2) is 28.8 Å². The average molecular weight is 285 g/mol. The van der Waals surface area contributed by atoms with Gasteiger partial charge in [0.2, 0.25) is 0 Å². The van der Waals surface area contributed by atoms with E-state index < -0.39 is 5.97 Å². The summed E-state index contributed by atoms with van der Waals surface area (Å²) in [5.41, 5.74) is 2.16. The minimum Gasteiger partial charge on any atom is -0.489 e. The highest BCUT2D eigenvalue weighted by molar-refractivity contribution is 5.89. The van der Waals surface area contributed by atoms with Gasteiger partial charge in [0.1, 0.15) is 18.1 Å². The number of benzene rings is 1. The maximum Gasteiger partial charge on any atom is 0.339 e. The van der Waals surface area contributed by atoms with Crippen molar-refractivity contribution >= 4 is 5.97 Å². The summed E-state index contributed by atoms with van der Waals surface area (Å²) >= 11 is 0. The zero-order valence-corrected chi connectivity index (χ0v) is 11.9. The Bertz CT molecular complexity index is 645. The molecule has 2 aromatic rings. The van der Waals surface area contributed by atoms with Crippen molar-refractivity contribution in [3.8, 4) is 18.1 Å². The Labute approximate surface area is 122 Å². The predicted octanol–water partition coefficient (Wildman–Crippen LogP) is 2.66. The van der Waals surface area contributed by atoms with Crippen LogP contribution in [0.4, 0.5) is 0 Å². The third kappa shape index (κ3) is 3.63. The molecule has 2 rings (SSSR count). The number of aromatic nitrogens is 1. The van der Waals surface area contributed by atoms with Crippen LogP contribution in [0.25, 0.3) is 0 Å². The topological polar surface area (TPSA) is 61.6 Å². The Balaban J connectivity index is 1.97. The summed E-state index contributed by atoms with van der Waals surface area (Å²) in [5, 5.41) is 3.86. The van der Waals surface area contributed by atoms with Crippen molar-refractivity contribution in [3.05, 3.63) is 46.8 Å². The molecule has 0 atom stereocenters. The first-order chi connectivity index (χ1) is 10.1. The van der Waals surface area contributed by atoms with E-state index in [1.165, 1.54) is 0 Å². The number of hydrogen-bond acceptors (Lipinski definition) is 5. The Kier molecular flexibility index (Phi) is 4.62. The van der Waals surface area contributed by atoms with E-state index in [0.717, 1.165) is 17.0 Å². The second-order valence-corrected chi connectivity index (χ2v) is 4.40. The molecular weight excluding hydrogens is 270 g/mol. The van der Waals surface area contributed by atoms with Crippen molar-refractivity contribution in [2.75, 3.05) is 6.61 Å². The highest BCUT2D eigenvalue weighted by atomic mass is 16.5. The van der Waals surface area contributed by atoms with Crippen LogP contribution in [-0.4, -0.2) is 17.7 Å². The van der Waals surface area contributed by atoms with Gasteiger partial charge in [0, 0.05) is 0 Å². The van der Waals surface area contributed by atoms with Crippen LogP contribution in [0.2, 0.25) is 0 Å². The SMILES string of the molecule is C#CCOC(=O)c1ccc(OCc2c(C)noc2C)cc1. The van der Waals surface area contributed by atoms with Crippen LogP contribution < -0.4 is 4.74 Å². The average Bonchev–Trinajstić information content (AvgIpc) is 2.82. The van der Waals surface area contributed by atoms with Crippen LogP contribution in [0.3, 0.4) is 0 Å². The van der Waals surface area contributed by atoms with Gasteiger partial charge in [0.05, 0.1) is 16.8 Å². The van der Waals surface area contributed by atoms with Crippen LogP contribution >= 0.6 is 0 Å². The molecule has 5 nitrogen and oxygen atoms in total. The maximum absolute atomic E-state index is 11.6. The molecule has 0 unspecified atom stereocenters. The summed E-state index contributed by atoms with van der Waals surface area (Å²) in [6.07, 6.45) is 5.03. The quantitative estimate of drug-likeness (QED) is 0.624. The van der Waals surface area contributed by atoms with Gasteiger partial charge in [-0.2, -0.15) is 0 Å². The van der Waals surface area contributed by atoms with Gasteiger partial charge in [0.25, 0.3) is 0 Å². The van der Waals surface area contributed by atoms with Crippen molar-refractivity contribution in [3.63, 3.8) is 0 Å². The van der Waals surface area contributed by atoms with E-state index in [1.54, 1.807) is 24.3 Å². The Hall–Kier alpha value is -2.74. The maximum atomic E-state index is 11.6. The van der Waals surface area contributed by atoms with Gasteiger partial charge in [0.15, 0.2) is 6.61 Å². The van der Waals surface area contributed by atoms with Crippen molar-refractivity contribution in [2.24, 2.45) is 0 Å². The number of ether oxygens (including phenoxy) is 2. The Morgan fingerprint density at radius 1 is 1.33 bits per heavy atom. The smallest absolute Gasteiger partial charge is 0.339 e. The van der Waals surface area contributed by atoms with E-state index >= 15 is 0 Å². The number of rotatable bonds is 5. The van der Waals surface area contributed by atoms with Crippen molar-refractivity contribution < 1.29 is 18.8 Å². The van der Waals surface area contributed by atoms with Crippen LogP contribution in [0, 0.1) is 26.2 Å². The highest BCUT2D eigenvalue weighted by Gasteiger charge is 2.10. The third-order valence-electron chi connectivity index (χ3n) is 2.94. The fraction of sp³-hybridized carbons (Fsp3) is 0.250. The lowest BCUT2D eigenvalue weighted by atomic mass is 10.2. The van der Waals surface area contributed by atoms with Crippen molar-refractivity contribution in [2.45, 2.75) is 20.5 Å². The molecule has 108 valence electrons. The molecule has 0 aliphatic rings.